The van der Waals surface area contributed by atoms with Gasteiger partial charge in [0.05, 0.1) is 4.90 Å². The lowest BCUT2D eigenvalue weighted by molar-refractivity contribution is 0.0698. The van der Waals surface area contributed by atoms with Crippen molar-refractivity contribution in [2.45, 2.75) is 36.6 Å². The Balaban J connectivity index is 1.38. The highest BCUT2D eigenvalue weighted by molar-refractivity contribution is 7.98. The summed E-state index contributed by atoms with van der Waals surface area (Å²) in [6.45, 7) is 6.93. The summed E-state index contributed by atoms with van der Waals surface area (Å²) in [7, 11) is -3.60. The molecule has 0 spiro atoms. The van der Waals surface area contributed by atoms with Crippen LogP contribution in [0.4, 0.5) is 0 Å². The Morgan fingerprint density at radius 2 is 1.67 bits per heavy atom. The average molecular weight is 486 g/mol. The lowest BCUT2D eigenvalue weighted by Gasteiger charge is -2.34. The third-order valence-corrected chi connectivity index (χ3v) is 8.85. The number of benzene rings is 2. The normalized spacial score (nSPS) is 15.1. The summed E-state index contributed by atoms with van der Waals surface area (Å²) in [4.78, 5) is 19.1. The van der Waals surface area contributed by atoms with E-state index in [0.717, 1.165) is 33.2 Å². The zero-order valence-electron chi connectivity index (χ0n) is 18.9. The van der Waals surface area contributed by atoms with Crippen molar-refractivity contribution < 1.29 is 13.2 Å². The molecule has 33 heavy (non-hydrogen) atoms. The molecular formula is C23H27N5O3S2. The van der Waals surface area contributed by atoms with E-state index in [2.05, 4.69) is 15.2 Å². The minimum absolute atomic E-state index is 0.0795. The van der Waals surface area contributed by atoms with E-state index in [4.69, 9.17) is 0 Å². The lowest BCUT2D eigenvalue weighted by Crippen LogP contribution is -2.50. The van der Waals surface area contributed by atoms with Gasteiger partial charge in [0.2, 0.25) is 10.0 Å². The molecule has 1 aliphatic rings. The first-order valence-corrected chi connectivity index (χ1v) is 13.1. The minimum atomic E-state index is -3.60. The largest absolute Gasteiger partial charge is 0.336 e. The van der Waals surface area contributed by atoms with Gasteiger partial charge in [-0.15, -0.1) is 0 Å². The summed E-state index contributed by atoms with van der Waals surface area (Å²) in [6, 6.07) is 11.3. The molecule has 1 N–H and O–H groups in total. The molecule has 0 atom stereocenters. The molecule has 1 amide bonds. The quantitative estimate of drug-likeness (QED) is 0.539. The van der Waals surface area contributed by atoms with E-state index in [0.29, 0.717) is 23.5 Å². The highest BCUT2D eigenvalue weighted by Crippen LogP contribution is 2.26. The summed E-state index contributed by atoms with van der Waals surface area (Å²) < 4.78 is 28.1. The number of carbonyl (C=O) groups excluding carboxylic acids is 1. The van der Waals surface area contributed by atoms with Gasteiger partial charge < -0.3 is 4.90 Å². The van der Waals surface area contributed by atoms with Crippen molar-refractivity contribution >= 4 is 27.7 Å². The van der Waals surface area contributed by atoms with Gasteiger partial charge in [-0.1, -0.05) is 41.6 Å². The number of sulfonamides is 1. The molecule has 1 aliphatic heterocycles. The fourth-order valence-electron chi connectivity index (χ4n) is 4.18. The number of hydrogen-bond donors (Lipinski definition) is 1. The first-order valence-electron chi connectivity index (χ1n) is 10.7. The Kier molecular flexibility index (Phi) is 6.87. The Morgan fingerprint density at radius 3 is 2.24 bits per heavy atom. The summed E-state index contributed by atoms with van der Waals surface area (Å²) >= 11 is 1.54. The number of amides is 1. The number of hydrogen-bond acceptors (Lipinski definition) is 6. The van der Waals surface area contributed by atoms with Gasteiger partial charge in [-0.2, -0.15) is 9.40 Å². The Labute approximate surface area is 198 Å². The molecule has 2 aromatic carbocycles. The molecule has 0 aliphatic carbocycles. The van der Waals surface area contributed by atoms with E-state index in [-0.39, 0.29) is 19.0 Å². The molecule has 3 aromatic rings. The molecule has 8 nitrogen and oxygen atoms in total. The van der Waals surface area contributed by atoms with Crippen LogP contribution in [0, 0.1) is 20.8 Å². The monoisotopic (exact) mass is 485 g/mol. The fourth-order valence-corrected chi connectivity index (χ4v) is 6.74. The van der Waals surface area contributed by atoms with E-state index in [1.165, 1.54) is 22.4 Å². The van der Waals surface area contributed by atoms with Crippen LogP contribution in [0.25, 0.3) is 0 Å². The van der Waals surface area contributed by atoms with Gasteiger partial charge in [0.1, 0.15) is 6.33 Å². The number of nitrogens with one attached hydrogen (secondary N) is 1. The second kappa shape index (κ2) is 9.66. The van der Waals surface area contributed by atoms with Crippen molar-refractivity contribution in [3.63, 3.8) is 0 Å². The number of carbonyl (C=O) groups is 1. The highest BCUT2D eigenvalue weighted by Gasteiger charge is 2.32. The number of thioether (sulfide) groups is 1. The molecule has 10 heteroatoms. The van der Waals surface area contributed by atoms with Gasteiger partial charge in [-0.3, -0.25) is 9.89 Å². The average Bonchev–Trinajstić information content (AvgIpc) is 3.30. The van der Waals surface area contributed by atoms with Crippen LogP contribution in [0.3, 0.4) is 0 Å². The van der Waals surface area contributed by atoms with Crippen molar-refractivity contribution in [3.05, 3.63) is 70.5 Å². The molecule has 1 fully saturated rings. The molecule has 2 heterocycles. The zero-order chi connectivity index (χ0) is 23.6. The second-order valence-electron chi connectivity index (χ2n) is 8.20. The maximum atomic E-state index is 13.3. The van der Waals surface area contributed by atoms with E-state index in [1.807, 2.05) is 57.2 Å². The Hall–Kier alpha value is -2.69. The number of nitrogens with zero attached hydrogens (tertiary/aromatic N) is 4. The van der Waals surface area contributed by atoms with Gasteiger partial charge in [-0.25, -0.2) is 13.4 Å². The van der Waals surface area contributed by atoms with E-state index in [9.17, 15) is 13.2 Å². The van der Waals surface area contributed by atoms with Crippen LogP contribution >= 0.6 is 11.8 Å². The minimum Gasteiger partial charge on any atom is -0.336 e. The predicted octanol–water partition coefficient (Wildman–Crippen LogP) is 3.17. The van der Waals surface area contributed by atoms with Crippen LogP contribution in [-0.4, -0.2) is 64.9 Å². The highest BCUT2D eigenvalue weighted by atomic mass is 32.2. The van der Waals surface area contributed by atoms with Gasteiger partial charge in [0.25, 0.3) is 5.91 Å². The van der Waals surface area contributed by atoms with Gasteiger partial charge in [0, 0.05) is 37.5 Å². The fraction of sp³-hybridized carbons (Fsp3) is 0.348. The third-order valence-electron chi connectivity index (χ3n) is 5.70. The number of H-pyrrole nitrogens is 1. The van der Waals surface area contributed by atoms with E-state index >= 15 is 0 Å². The molecule has 0 unspecified atom stereocenters. The second-order valence-corrected chi connectivity index (χ2v) is 11.0. The first kappa shape index (κ1) is 23.5. The summed E-state index contributed by atoms with van der Waals surface area (Å²) in [5.41, 5.74) is 4.24. The predicted molar refractivity (Wildman–Crippen MR) is 128 cm³/mol. The standard InChI is InChI=1S/C23H27N5O3S2/c1-16-12-17(2)21(18(3)13-16)33(30,31)28-10-8-27(9-11-28)22(29)20-6-4-19(5-7-20)14-32-23-24-15-25-26-23/h4-7,12-13,15H,8-11,14H2,1-3H3,(H,24,25,26). The molecule has 0 radical (unpaired) electrons. The number of aromatic amines is 1. The van der Waals surface area contributed by atoms with Gasteiger partial charge >= 0.3 is 0 Å². The SMILES string of the molecule is Cc1cc(C)c(S(=O)(=O)N2CCN(C(=O)c3ccc(CSc4ncn[nH]4)cc3)CC2)c(C)c1. The van der Waals surface area contributed by atoms with Crippen LogP contribution in [0.1, 0.15) is 32.6 Å². The Bertz CT molecular complexity index is 1210. The third kappa shape index (κ3) is 5.13. The molecule has 0 bridgehead atoms. The van der Waals surface area contributed by atoms with Crippen molar-refractivity contribution in [1.82, 2.24) is 24.4 Å². The topological polar surface area (TPSA) is 99.3 Å². The number of aryl methyl sites for hydroxylation is 3. The van der Waals surface area contributed by atoms with E-state index < -0.39 is 10.0 Å². The summed E-state index contributed by atoms with van der Waals surface area (Å²) in [6.07, 6.45) is 1.47. The van der Waals surface area contributed by atoms with Crippen molar-refractivity contribution in [3.8, 4) is 0 Å². The van der Waals surface area contributed by atoms with Gasteiger partial charge in [-0.05, 0) is 49.6 Å². The summed E-state index contributed by atoms with van der Waals surface area (Å²) in [5.74, 6) is 0.641. The molecule has 1 saturated heterocycles. The van der Waals surface area contributed by atoms with Crippen molar-refractivity contribution in [1.29, 1.82) is 0 Å². The summed E-state index contributed by atoms with van der Waals surface area (Å²) in [5, 5.41) is 7.38. The maximum Gasteiger partial charge on any atom is 0.253 e. The maximum absolute atomic E-state index is 13.3. The van der Waals surface area contributed by atoms with Crippen molar-refractivity contribution in [2.24, 2.45) is 0 Å². The Morgan fingerprint density at radius 1 is 1.03 bits per heavy atom. The van der Waals surface area contributed by atoms with Crippen LogP contribution < -0.4 is 0 Å². The molecule has 174 valence electrons. The molecule has 4 rings (SSSR count). The molecule has 0 saturated carbocycles. The molecular weight excluding hydrogens is 458 g/mol. The first-order chi connectivity index (χ1) is 15.8. The lowest BCUT2D eigenvalue weighted by atomic mass is 10.1. The van der Waals surface area contributed by atoms with Crippen LogP contribution in [-0.2, 0) is 15.8 Å². The van der Waals surface area contributed by atoms with Gasteiger partial charge in [0.15, 0.2) is 5.16 Å². The smallest absolute Gasteiger partial charge is 0.253 e. The molecule has 1 aromatic heterocycles. The van der Waals surface area contributed by atoms with Crippen molar-refractivity contribution in [2.75, 3.05) is 26.2 Å². The zero-order valence-corrected chi connectivity index (χ0v) is 20.5. The van der Waals surface area contributed by atoms with Crippen LogP contribution in [0.15, 0.2) is 52.8 Å². The number of piperazine rings is 1. The number of rotatable bonds is 6. The van der Waals surface area contributed by atoms with Crippen LogP contribution in [0.2, 0.25) is 0 Å². The van der Waals surface area contributed by atoms with E-state index in [1.54, 1.807) is 4.90 Å². The number of aromatic nitrogens is 3. The van der Waals surface area contributed by atoms with Crippen LogP contribution in [0.5, 0.6) is 0 Å².